The molecule has 0 saturated heterocycles. The fourth-order valence-electron chi connectivity index (χ4n) is 1.22. The highest BCUT2D eigenvalue weighted by atomic mass is 14.8. The lowest BCUT2D eigenvalue weighted by Gasteiger charge is -2.01. The molecule has 1 rings (SSSR count). The van der Waals surface area contributed by atoms with Gasteiger partial charge in [0.05, 0.1) is 0 Å². The first kappa shape index (κ1) is 9.27. The van der Waals surface area contributed by atoms with Gasteiger partial charge < -0.3 is 5.32 Å². The maximum atomic E-state index is 3.15. The molecule has 12 heavy (non-hydrogen) atoms. The third-order valence-electron chi connectivity index (χ3n) is 2.01. The lowest BCUT2D eigenvalue weighted by atomic mass is 10.1. The molecule has 0 amide bonds. The van der Waals surface area contributed by atoms with Crippen molar-refractivity contribution >= 4 is 0 Å². The van der Waals surface area contributed by atoms with Crippen LogP contribution in [0.25, 0.3) is 0 Å². The van der Waals surface area contributed by atoms with E-state index < -0.39 is 0 Å². The van der Waals surface area contributed by atoms with Crippen molar-refractivity contribution in [2.75, 3.05) is 13.6 Å². The highest BCUT2D eigenvalue weighted by Crippen LogP contribution is 2.04. The Morgan fingerprint density at radius 2 is 1.83 bits per heavy atom. The van der Waals surface area contributed by atoms with Crippen LogP contribution in [-0.4, -0.2) is 13.6 Å². The minimum absolute atomic E-state index is 1.11. The molecule has 0 unspecified atom stereocenters. The Balaban J connectivity index is 2.37. The van der Waals surface area contributed by atoms with Crippen molar-refractivity contribution < 1.29 is 0 Å². The lowest BCUT2D eigenvalue weighted by Crippen LogP contribution is -2.08. The van der Waals surface area contributed by atoms with Crippen LogP contribution < -0.4 is 5.32 Å². The van der Waals surface area contributed by atoms with Crippen molar-refractivity contribution in [2.24, 2.45) is 0 Å². The number of benzene rings is 1. The van der Waals surface area contributed by atoms with Gasteiger partial charge in [-0.2, -0.15) is 0 Å². The van der Waals surface area contributed by atoms with Gasteiger partial charge in [0.25, 0.3) is 0 Å². The Labute approximate surface area is 74.8 Å². The summed E-state index contributed by atoms with van der Waals surface area (Å²) >= 11 is 0. The first-order valence-corrected chi connectivity index (χ1v) is 4.53. The van der Waals surface area contributed by atoms with E-state index >= 15 is 0 Å². The fourth-order valence-corrected chi connectivity index (χ4v) is 1.22. The molecule has 0 bridgehead atoms. The van der Waals surface area contributed by atoms with Gasteiger partial charge in [-0.1, -0.05) is 29.8 Å². The molecule has 0 saturated carbocycles. The molecule has 0 fully saturated rings. The summed E-state index contributed by atoms with van der Waals surface area (Å²) in [6.45, 7) is 3.23. The van der Waals surface area contributed by atoms with E-state index in [4.69, 9.17) is 0 Å². The van der Waals surface area contributed by atoms with Gasteiger partial charge >= 0.3 is 0 Å². The summed E-state index contributed by atoms with van der Waals surface area (Å²) < 4.78 is 0. The Hall–Kier alpha value is -0.820. The van der Waals surface area contributed by atoms with Crippen LogP contribution in [0.15, 0.2) is 24.3 Å². The standard InChI is InChI=1S/C11H17N/c1-10-5-7-11(8-6-10)4-3-9-12-2/h5-8,12H,3-4,9H2,1-2H3. The number of nitrogens with one attached hydrogen (secondary N) is 1. The summed E-state index contributed by atoms with van der Waals surface area (Å²) in [4.78, 5) is 0. The number of hydrogen-bond donors (Lipinski definition) is 1. The van der Waals surface area contributed by atoms with Crippen molar-refractivity contribution in [2.45, 2.75) is 19.8 Å². The van der Waals surface area contributed by atoms with Gasteiger partial charge in [-0.3, -0.25) is 0 Å². The second kappa shape index (κ2) is 4.94. The normalized spacial score (nSPS) is 10.2. The van der Waals surface area contributed by atoms with Gasteiger partial charge in [0.15, 0.2) is 0 Å². The molecule has 0 aliphatic heterocycles. The summed E-state index contributed by atoms with van der Waals surface area (Å²) in [5.74, 6) is 0. The SMILES string of the molecule is CNCCCc1ccc(C)cc1. The van der Waals surface area contributed by atoms with Crippen molar-refractivity contribution in [3.8, 4) is 0 Å². The topological polar surface area (TPSA) is 12.0 Å². The van der Waals surface area contributed by atoms with Crippen LogP contribution in [0.4, 0.5) is 0 Å². The van der Waals surface area contributed by atoms with Crippen molar-refractivity contribution in [1.29, 1.82) is 0 Å². The predicted octanol–water partition coefficient (Wildman–Crippen LogP) is 2.15. The molecule has 1 N–H and O–H groups in total. The van der Waals surface area contributed by atoms with Crippen LogP contribution in [0.5, 0.6) is 0 Å². The predicted molar refractivity (Wildman–Crippen MR) is 53.4 cm³/mol. The van der Waals surface area contributed by atoms with E-state index in [-0.39, 0.29) is 0 Å². The van der Waals surface area contributed by atoms with Gasteiger partial charge in [-0.15, -0.1) is 0 Å². The molecule has 0 radical (unpaired) electrons. The number of rotatable bonds is 4. The molecule has 0 atom stereocenters. The van der Waals surface area contributed by atoms with Gasteiger partial charge in [0.2, 0.25) is 0 Å². The van der Waals surface area contributed by atoms with Crippen LogP contribution in [0.2, 0.25) is 0 Å². The first-order valence-electron chi connectivity index (χ1n) is 4.53. The highest BCUT2D eigenvalue weighted by molar-refractivity contribution is 5.21. The zero-order chi connectivity index (χ0) is 8.81. The van der Waals surface area contributed by atoms with Crippen LogP contribution in [-0.2, 0) is 6.42 Å². The van der Waals surface area contributed by atoms with Crippen molar-refractivity contribution in [1.82, 2.24) is 5.32 Å². The average Bonchev–Trinajstić information content (AvgIpc) is 2.09. The summed E-state index contributed by atoms with van der Waals surface area (Å²) in [7, 11) is 2.00. The van der Waals surface area contributed by atoms with Crippen molar-refractivity contribution in [3.63, 3.8) is 0 Å². The van der Waals surface area contributed by atoms with E-state index in [0.717, 1.165) is 6.54 Å². The van der Waals surface area contributed by atoms with E-state index in [9.17, 15) is 0 Å². The summed E-state index contributed by atoms with van der Waals surface area (Å²) in [5.41, 5.74) is 2.78. The summed E-state index contributed by atoms with van der Waals surface area (Å²) in [6, 6.07) is 8.78. The van der Waals surface area contributed by atoms with Crippen molar-refractivity contribution in [3.05, 3.63) is 35.4 Å². The Bertz CT molecular complexity index is 213. The zero-order valence-corrected chi connectivity index (χ0v) is 7.93. The van der Waals surface area contributed by atoms with Crippen LogP contribution in [0.1, 0.15) is 17.5 Å². The summed E-state index contributed by atoms with van der Waals surface area (Å²) in [5, 5.41) is 3.15. The molecule has 0 aliphatic rings. The maximum Gasteiger partial charge on any atom is -0.00488 e. The third kappa shape index (κ3) is 3.05. The molecule has 0 aromatic heterocycles. The van der Waals surface area contributed by atoms with Crippen LogP contribution in [0, 0.1) is 6.92 Å². The largest absolute Gasteiger partial charge is 0.320 e. The molecular formula is C11H17N. The smallest absolute Gasteiger partial charge is 0.00488 e. The number of aryl methyl sites for hydroxylation is 2. The van der Waals surface area contributed by atoms with Crippen LogP contribution >= 0.6 is 0 Å². The van der Waals surface area contributed by atoms with Gasteiger partial charge in [-0.25, -0.2) is 0 Å². The highest BCUT2D eigenvalue weighted by Gasteiger charge is 1.91. The van der Waals surface area contributed by atoms with Crippen LogP contribution in [0.3, 0.4) is 0 Å². The fraction of sp³-hybridized carbons (Fsp3) is 0.455. The van der Waals surface area contributed by atoms with Gasteiger partial charge in [-0.05, 0) is 38.9 Å². The maximum absolute atomic E-state index is 3.15. The monoisotopic (exact) mass is 163 g/mol. The molecule has 0 spiro atoms. The zero-order valence-electron chi connectivity index (χ0n) is 7.93. The minimum atomic E-state index is 1.11. The lowest BCUT2D eigenvalue weighted by molar-refractivity contribution is 0.724. The molecule has 66 valence electrons. The van der Waals surface area contributed by atoms with E-state index in [2.05, 4.69) is 36.5 Å². The Kier molecular flexibility index (Phi) is 3.81. The molecule has 1 aromatic rings. The first-order chi connectivity index (χ1) is 5.83. The quantitative estimate of drug-likeness (QED) is 0.671. The Morgan fingerprint density at radius 3 is 2.42 bits per heavy atom. The molecule has 1 heteroatoms. The molecule has 1 aromatic carbocycles. The molecule has 0 heterocycles. The minimum Gasteiger partial charge on any atom is -0.320 e. The van der Waals surface area contributed by atoms with Gasteiger partial charge in [0.1, 0.15) is 0 Å². The van der Waals surface area contributed by atoms with E-state index in [1.165, 1.54) is 24.0 Å². The van der Waals surface area contributed by atoms with Gasteiger partial charge in [0, 0.05) is 0 Å². The molecule has 0 aliphatic carbocycles. The number of hydrogen-bond acceptors (Lipinski definition) is 1. The Morgan fingerprint density at radius 1 is 1.17 bits per heavy atom. The molecule has 1 nitrogen and oxygen atoms in total. The van der Waals surface area contributed by atoms with E-state index in [1.54, 1.807) is 0 Å². The van der Waals surface area contributed by atoms with E-state index in [1.807, 2.05) is 7.05 Å². The second-order valence-electron chi connectivity index (χ2n) is 3.19. The summed E-state index contributed by atoms with van der Waals surface area (Å²) in [6.07, 6.45) is 2.40. The van der Waals surface area contributed by atoms with E-state index in [0.29, 0.717) is 0 Å². The molecular weight excluding hydrogens is 146 g/mol. The average molecular weight is 163 g/mol. The second-order valence-corrected chi connectivity index (χ2v) is 3.19. The third-order valence-corrected chi connectivity index (χ3v) is 2.01.